The van der Waals surface area contributed by atoms with Gasteiger partial charge in [0.15, 0.2) is 0 Å². The van der Waals surface area contributed by atoms with E-state index in [0.717, 1.165) is 12.1 Å². The maximum Gasteiger partial charge on any atom is 0.416 e. The highest BCUT2D eigenvalue weighted by molar-refractivity contribution is 5.78. The normalized spacial score (nSPS) is 21.1. The topological polar surface area (TPSA) is 61.9 Å². The van der Waals surface area contributed by atoms with Gasteiger partial charge in [-0.25, -0.2) is 0 Å². The molecule has 21 heavy (non-hydrogen) atoms. The van der Waals surface area contributed by atoms with Gasteiger partial charge in [-0.3, -0.25) is 0 Å². The Morgan fingerprint density at radius 1 is 1.38 bits per heavy atom. The molecule has 2 rings (SSSR count). The minimum atomic E-state index is -4.40. The summed E-state index contributed by atoms with van der Waals surface area (Å²) in [7, 11) is 0. The molecule has 0 saturated carbocycles. The van der Waals surface area contributed by atoms with Crippen LogP contribution in [0.15, 0.2) is 24.3 Å². The van der Waals surface area contributed by atoms with Crippen LogP contribution in [0.25, 0.3) is 0 Å². The number of benzene rings is 1. The fourth-order valence-electron chi connectivity index (χ4n) is 1.92. The van der Waals surface area contributed by atoms with E-state index in [1.165, 1.54) is 12.1 Å². The molecule has 1 unspecified atom stereocenters. The van der Waals surface area contributed by atoms with Crippen LogP contribution in [0.5, 0.6) is 5.75 Å². The van der Waals surface area contributed by atoms with Crippen LogP contribution in [0.2, 0.25) is 0 Å². The number of aliphatic carboxylic acids is 1. The van der Waals surface area contributed by atoms with Gasteiger partial charge in [0.2, 0.25) is 0 Å². The van der Waals surface area contributed by atoms with Gasteiger partial charge in [-0.15, -0.1) is 0 Å². The average Bonchev–Trinajstić information content (AvgIpc) is 3.19. The molecule has 0 radical (unpaired) electrons. The molecule has 0 bridgehead atoms. The molecule has 1 heterocycles. The first-order valence-corrected chi connectivity index (χ1v) is 6.49. The fourth-order valence-corrected chi connectivity index (χ4v) is 1.92. The lowest BCUT2D eigenvalue weighted by molar-refractivity contribution is -0.312. The van der Waals surface area contributed by atoms with E-state index in [4.69, 9.17) is 9.47 Å². The zero-order valence-electron chi connectivity index (χ0n) is 11.1. The predicted molar refractivity (Wildman–Crippen MR) is 64.5 cm³/mol. The highest BCUT2D eigenvalue weighted by Crippen LogP contribution is 2.33. The summed E-state index contributed by atoms with van der Waals surface area (Å²) in [6.07, 6.45) is -3.02. The van der Waals surface area contributed by atoms with Gasteiger partial charge in [0.05, 0.1) is 24.7 Å². The average molecular weight is 303 g/mol. The molecule has 116 valence electrons. The molecular formula is C14H14F3O4-. The number of carboxylic acid groups (broad SMARTS) is 1. The molecule has 1 aliphatic rings. The van der Waals surface area contributed by atoms with Crippen LogP contribution in [-0.4, -0.2) is 24.8 Å². The largest absolute Gasteiger partial charge is 0.547 e. The van der Waals surface area contributed by atoms with Crippen LogP contribution >= 0.6 is 0 Å². The first-order chi connectivity index (χ1) is 9.83. The van der Waals surface area contributed by atoms with Crippen molar-refractivity contribution in [2.45, 2.75) is 31.0 Å². The summed E-state index contributed by atoms with van der Waals surface area (Å²) >= 11 is 0. The maximum atomic E-state index is 12.5. The summed E-state index contributed by atoms with van der Waals surface area (Å²) in [4.78, 5) is 10.7. The van der Waals surface area contributed by atoms with Crippen molar-refractivity contribution in [3.05, 3.63) is 29.8 Å². The zero-order chi connectivity index (χ0) is 15.5. The molecule has 1 aromatic carbocycles. The van der Waals surface area contributed by atoms with Gasteiger partial charge < -0.3 is 19.4 Å². The highest BCUT2D eigenvalue weighted by Gasteiger charge is 2.45. The fraction of sp³-hybridized carbons (Fsp3) is 0.500. The second kappa shape index (κ2) is 5.93. The van der Waals surface area contributed by atoms with Crippen molar-refractivity contribution >= 4 is 5.97 Å². The van der Waals surface area contributed by atoms with E-state index in [0.29, 0.717) is 19.3 Å². The van der Waals surface area contributed by atoms with Crippen LogP contribution in [0.4, 0.5) is 13.2 Å². The first kappa shape index (κ1) is 15.6. The Bertz CT molecular complexity index is 509. The SMILES string of the molecule is O=C([O-])C1(CCCCOc2cccc(C(F)(F)F)c2)CO1. The number of carboxylic acids is 1. The van der Waals surface area contributed by atoms with Crippen LogP contribution in [-0.2, 0) is 15.7 Å². The van der Waals surface area contributed by atoms with E-state index in [2.05, 4.69) is 0 Å². The summed E-state index contributed by atoms with van der Waals surface area (Å²) in [6.45, 7) is 0.369. The Morgan fingerprint density at radius 3 is 2.67 bits per heavy atom. The Balaban J connectivity index is 1.73. The van der Waals surface area contributed by atoms with E-state index in [-0.39, 0.29) is 19.0 Å². The second-order valence-corrected chi connectivity index (χ2v) is 4.90. The lowest BCUT2D eigenvalue weighted by Gasteiger charge is -2.13. The molecule has 0 spiro atoms. The Hall–Kier alpha value is -1.76. The molecule has 0 N–H and O–H groups in total. The third kappa shape index (κ3) is 4.10. The number of hydrogen-bond donors (Lipinski definition) is 0. The lowest BCUT2D eigenvalue weighted by atomic mass is 10.0. The number of halogens is 3. The highest BCUT2D eigenvalue weighted by atomic mass is 19.4. The Labute approximate surface area is 119 Å². The van der Waals surface area contributed by atoms with Crippen LogP contribution < -0.4 is 9.84 Å². The summed E-state index contributed by atoms with van der Waals surface area (Å²) in [6, 6.07) is 4.64. The number of epoxide rings is 1. The van der Waals surface area contributed by atoms with Crippen LogP contribution in [0.3, 0.4) is 0 Å². The van der Waals surface area contributed by atoms with E-state index >= 15 is 0 Å². The Morgan fingerprint density at radius 2 is 2.10 bits per heavy atom. The molecule has 7 heteroatoms. The monoisotopic (exact) mass is 303 g/mol. The number of carbonyl (C=O) groups is 1. The van der Waals surface area contributed by atoms with E-state index in [9.17, 15) is 23.1 Å². The standard InChI is InChI=1S/C14H15F3O4/c15-14(16,17)10-4-3-5-11(8-10)20-7-2-1-6-13(9-21-13)12(18)19/h3-5,8H,1-2,6-7,9H2,(H,18,19)/p-1. The number of ether oxygens (including phenoxy) is 2. The molecule has 1 atom stereocenters. The number of alkyl halides is 3. The molecule has 4 nitrogen and oxygen atoms in total. The molecule has 0 aromatic heterocycles. The molecule has 1 saturated heterocycles. The number of rotatable bonds is 7. The summed E-state index contributed by atoms with van der Waals surface area (Å²) < 4.78 is 47.6. The molecule has 1 aromatic rings. The van der Waals surface area contributed by atoms with E-state index < -0.39 is 23.3 Å². The van der Waals surface area contributed by atoms with Gasteiger partial charge >= 0.3 is 6.18 Å². The van der Waals surface area contributed by atoms with Crippen molar-refractivity contribution in [3.8, 4) is 5.75 Å². The van der Waals surface area contributed by atoms with Crippen molar-refractivity contribution in [2.75, 3.05) is 13.2 Å². The molecule has 1 aliphatic heterocycles. The van der Waals surface area contributed by atoms with Gasteiger partial charge in [0.25, 0.3) is 0 Å². The smallest absolute Gasteiger partial charge is 0.416 e. The predicted octanol–water partition coefficient (Wildman–Crippen LogP) is 1.77. The zero-order valence-corrected chi connectivity index (χ0v) is 11.1. The molecular weight excluding hydrogens is 289 g/mol. The van der Waals surface area contributed by atoms with Crippen molar-refractivity contribution in [1.29, 1.82) is 0 Å². The van der Waals surface area contributed by atoms with Crippen molar-refractivity contribution in [1.82, 2.24) is 0 Å². The van der Waals surface area contributed by atoms with Gasteiger partial charge in [0, 0.05) is 0 Å². The summed E-state index contributed by atoms with van der Waals surface area (Å²) in [5.41, 5.74) is -1.92. The van der Waals surface area contributed by atoms with Crippen molar-refractivity contribution in [2.24, 2.45) is 0 Å². The molecule has 0 aliphatic carbocycles. The molecule has 0 amide bonds. The minimum Gasteiger partial charge on any atom is -0.547 e. The van der Waals surface area contributed by atoms with Gasteiger partial charge in [-0.1, -0.05) is 6.07 Å². The van der Waals surface area contributed by atoms with E-state index in [1.54, 1.807) is 0 Å². The summed E-state index contributed by atoms with van der Waals surface area (Å²) in [5, 5.41) is 10.7. The third-order valence-electron chi connectivity index (χ3n) is 3.27. The van der Waals surface area contributed by atoms with Crippen molar-refractivity contribution < 1.29 is 32.5 Å². The maximum absolute atomic E-state index is 12.5. The minimum absolute atomic E-state index is 0.141. The van der Waals surface area contributed by atoms with Gasteiger partial charge in [0.1, 0.15) is 11.4 Å². The Kier molecular flexibility index (Phi) is 4.41. The number of unbranched alkanes of at least 4 members (excludes halogenated alkanes) is 1. The van der Waals surface area contributed by atoms with Gasteiger partial charge in [-0.05, 0) is 37.5 Å². The van der Waals surface area contributed by atoms with Crippen LogP contribution in [0, 0.1) is 0 Å². The van der Waals surface area contributed by atoms with Crippen molar-refractivity contribution in [3.63, 3.8) is 0 Å². The molecule has 1 fully saturated rings. The number of hydrogen-bond acceptors (Lipinski definition) is 4. The second-order valence-electron chi connectivity index (χ2n) is 4.90. The van der Waals surface area contributed by atoms with E-state index in [1.807, 2.05) is 0 Å². The van der Waals surface area contributed by atoms with Gasteiger partial charge in [-0.2, -0.15) is 13.2 Å². The number of carbonyl (C=O) groups excluding carboxylic acids is 1. The quantitative estimate of drug-likeness (QED) is 0.569. The third-order valence-corrected chi connectivity index (χ3v) is 3.27. The lowest BCUT2D eigenvalue weighted by Crippen LogP contribution is -2.38. The summed E-state index contributed by atoms with van der Waals surface area (Å²) in [5.74, 6) is -1.08. The first-order valence-electron chi connectivity index (χ1n) is 6.49. The van der Waals surface area contributed by atoms with Crippen LogP contribution in [0.1, 0.15) is 24.8 Å².